The molecule has 4 nitrogen and oxygen atoms in total. The highest BCUT2D eigenvalue weighted by molar-refractivity contribution is 5.88. The number of anilines is 1. The summed E-state index contributed by atoms with van der Waals surface area (Å²) in [6.07, 6.45) is 7.74. The van der Waals surface area contributed by atoms with Gasteiger partial charge < -0.3 is 10.0 Å². The largest absolute Gasteiger partial charge is 0.478 e. The molecule has 1 N–H and O–H groups in total. The molecule has 2 aliphatic rings. The molecule has 0 radical (unpaired) electrons. The lowest BCUT2D eigenvalue weighted by Gasteiger charge is -2.30. The summed E-state index contributed by atoms with van der Waals surface area (Å²) in [5.41, 5.74) is 1.14. The van der Waals surface area contributed by atoms with Crippen LogP contribution in [0.5, 0.6) is 0 Å². The van der Waals surface area contributed by atoms with E-state index in [0.717, 1.165) is 24.0 Å². The fourth-order valence-corrected chi connectivity index (χ4v) is 3.83. The van der Waals surface area contributed by atoms with Crippen molar-refractivity contribution < 1.29 is 9.90 Å². The van der Waals surface area contributed by atoms with Crippen molar-refractivity contribution in [2.24, 2.45) is 5.92 Å². The highest BCUT2D eigenvalue weighted by Crippen LogP contribution is 2.37. The van der Waals surface area contributed by atoms with Gasteiger partial charge in [-0.05, 0) is 50.7 Å². The Kier molecular flexibility index (Phi) is 3.64. The van der Waals surface area contributed by atoms with Gasteiger partial charge in [-0.1, -0.05) is 12.8 Å². The van der Waals surface area contributed by atoms with Crippen LogP contribution in [0.25, 0.3) is 0 Å². The van der Waals surface area contributed by atoms with Crippen LogP contribution >= 0.6 is 0 Å². The Balaban J connectivity index is 1.88. The van der Waals surface area contributed by atoms with Gasteiger partial charge in [-0.25, -0.2) is 9.78 Å². The van der Waals surface area contributed by atoms with Crippen LogP contribution in [0.1, 0.15) is 54.6 Å². The van der Waals surface area contributed by atoms with Crippen molar-refractivity contribution in [3.8, 4) is 0 Å². The third-order valence-corrected chi connectivity index (χ3v) is 4.72. The molecule has 2 fully saturated rings. The molecule has 4 heteroatoms. The lowest BCUT2D eigenvalue weighted by Crippen LogP contribution is -2.35. The molecule has 0 spiro atoms. The number of hydrogen-bond acceptors (Lipinski definition) is 3. The van der Waals surface area contributed by atoms with E-state index in [1.807, 2.05) is 6.92 Å². The van der Waals surface area contributed by atoms with E-state index in [2.05, 4.69) is 9.88 Å². The Morgan fingerprint density at radius 3 is 2.70 bits per heavy atom. The summed E-state index contributed by atoms with van der Waals surface area (Å²) in [4.78, 5) is 18.2. The highest BCUT2D eigenvalue weighted by Gasteiger charge is 2.34. The zero-order valence-corrected chi connectivity index (χ0v) is 12.0. The summed E-state index contributed by atoms with van der Waals surface area (Å²) in [6.45, 7) is 2.88. The molecule has 108 valence electrons. The first-order chi connectivity index (χ1) is 9.65. The number of aryl methyl sites for hydroxylation is 1. The number of nitrogens with zero attached hydrogens (tertiary/aromatic N) is 2. The van der Waals surface area contributed by atoms with Gasteiger partial charge in [0.05, 0.1) is 5.56 Å². The molecular formula is C16H22N2O2. The minimum Gasteiger partial charge on any atom is -0.478 e. The summed E-state index contributed by atoms with van der Waals surface area (Å²) in [6, 6.07) is 3.95. The summed E-state index contributed by atoms with van der Waals surface area (Å²) < 4.78 is 0. The second-order valence-electron chi connectivity index (χ2n) is 6.11. The van der Waals surface area contributed by atoms with Gasteiger partial charge in [0.25, 0.3) is 0 Å². The summed E-state index contributed by atoms with van der Waals surface area (Å²) in [5, 5.41) is 9.21. The topological polar surface area (TPSA) is 53.4 Å². The number of carboxylic acids is 1. The molecule has 0 aromatic carbocycles. The standard InChI is InChI=1S/C16H22N2O2/c1-11-9-13(16(19)20)10-15(17-11)18-8-4-7-14(18)12-5-2-3-6-12/h9-10,12,14H,2-8H2,1H3,(H,19,20). The summed E-state index contributed by atoms with van der Waals surface area (Å²) in [7, 11) is 0. The average Bonchev–Trinajstić information content (AvgIpc) is 3.08. The molecule has 1 unspecified atom stereocenters. The predicted molar refractivity (Wildman–Crippen MR) is 78.3 cm³/mol. The van der Waals surface area contributed by atoms with Gasteiger partial charge >= 0.3 is 5.97 Å². The zero-order valence-electron chi connectivity index (χ0n) is 12.0. The van der Waals surface area contributed by atoms with Crippen LogP contribution in [0.15, 0.2) is 12.1 Å². The molecule has 2 heterocycles. The third kappa shape index (κ3) is 2.51. The molecule has 3 rings (SSSR count). The minimum atomic E-state index is -0.867. The van der Waals surface area contributed by atoms with Crippen LogP contribution in [0, 0.1) is 12.8 Å². The Hall–Kier alpha value is -1.58. The molecule has 1 atom stereocenters. The molecule has 1 saturated heterocycles. The third-order valence-electron chi connectivity index (χ3n) is 4.72. The van der Waals surface area contributed by atoms with Crippen molar-refractivity contribution in [2.75, 3.05) is 11.4 Å². The van der Waals surface area contributed by atoms with E-state index in [1.165, 1.54) is 38.5 Å². The van der Waals surface area contributed by atoms with Gasteiger partial charge in [-0.15, -0.1) is 0 Å². The highest BCUT2D eigenvalue weighted by atomic mass is 16.4. The first kappa shape index (κ1) is 13.4. The first-order valence-corrected chi connectivity index (χ1v) is 7.64. The lowest BCUT2D eigenvalue weighted by atomic mass is 9.96. The Morgan fingerprint density at radius 1 is 1.25 bits per heavy atom. The molecule has 0 bridgehead atoms. The Morgan fingerprint density at radius 2 is 2.00 bits per heavy atom. The fourth-order valence-electron chi connectivity index (χ4n) is 3.83. The lowest BCUT2D eigenvalue weighted by molar-refractivity contribution is 0.0696. The van der Waals surface area contributed by atoms with Crippen molar-refractivity contribution in [1.82, 2.24) is 4.98 Å². The SMILES string of the molecule is Cc1cc(C(=O)O)cc(N2CCCC2C2CCCC2)n1. The molecule has 1 aliphatic carbocycles. The van der Waals surface area contributed by atoms with Crippen LogP contribution in [0.4, 0.5) is 5.82 Å². The average molecular weight is 274 g/mol. The molecule has 0 amide bonds. The Bertz CT molecular complexity index is 509. The maximum Gasteiger partial charge on any atom is 0.335 e. The first-order valence-electron chi connectivity index (χ1n) is 7.64. The van der Waals surface area contributed by atoms with Gasteiger partial charge in [0.2, 0.25) is 0 Å². The van der Waals surface area contributed by atoms with Gasteiger partial charge in [0, 0.05) is 18.3 Å². The van der Waals surface area contributed by atoms with E-state index in [4.69, 9.17) is 0 Å². The predicted octanol–water partition coefficient (Wildman–Crippen LogP) is 3.25. The smallest absolute Gasteiger partial charge is 0.335 e. The van der Waals surface area contributed by atoms with E-state index < -0.39 is 5.97 Å². The van der Waals surface area contributed by atoms with E-state index in [1.54, 1.807) is 12.1 Å². The van der Waals surface area contributed by atoms with E-state index in [-0.39, 0.29) is 0 Å². The van der Waals surface area contributed by atoms with Gasteiger partial charge in [-0.2, -0.15) is 0 Å². The zero-order chi connectivity index (χ0) is 14.1. The minimum absolute atomic E-state index is 0.351. The van der Waals surface area contributed by atoms with Gasteiger partial charge in [0.1, 0.15) is 5.82 Å². The van der Waals surface area contributed by atoms with Crippen LogP contribution in [-0.2, 0) is 0 Å². The van der Waals surface area contributed by atoms with E-state index in [0.29, 0.717) is 11.6 Å². The fraction of sp³-hybridized carbons (Fsp3) is 0.625. The number of aromatic nitrogens is 1. The molecule has 1 saturated carbocycles. The normalized spacial score (nSPS) is 23.4. The van der Waals surface area contributed by atoms with Crippen molar-refractivity contribution in [3.05, 3.63) is 23.4 Å². The van der Waals surface area contributed by atoms with Crippen molar-refractivity contribution in [1.29, 1.82) is 0 Å². The van der Waals surface area contributed by atoms with E-state index >= 15 is 0 Å². The molecule has 20 heavy (non-hydrogen) atoms. The molecule has 1 aromatic heterocycles. The van der Waals surface area contributed by atoms with Crippen molar-refractivity contribution in [3.63, 3.8) is 0 Å². The van der Waals surface area contributed by atoms with Crippen LogP contribution in [0.3, 0.4) is 0 Å². The number of rotatable bonds is 3. The van der Waals surface area contributed by atoms with Crippen LogP contribution in [-0.4, -0.2) is 28.6 Å². The number of pyridine rings is 1. The quantitative estimate of drug-likeness (QED) is 0.919. The second kappa shape index (κ2) is 5.43. The maximum absolute atomic E-state index is 11.2. The monoisotopic (exact) mass is 274 g/mol. The summed E-state index contributed by atoms with van der Waals surface area (Å²) >= 11 is 0. The van der Waals surface area contributed by atoms with Gasteiger partial charge in [0.15, 0.2) is 0 Å². The molecule has 1 aliphatic heterocycles. The summed E-state index contributed by atoms with van der Waals surface area (Å²) in [5.74, 6) is 0.762. The molecular weight excluding hydrogens is 252 g/mol. The Labute approximate surface area is 119 Å². The van der Waals surface area contributed by atoms with Crippen molar-refractivity contribution in [2.45, 2.75) is 51.5 Å². The number of aromatic carboxylic acids is 1. The van der Waals surface area contributed by atoms with Crippen molar-refractivity contribution >= 4 is 11.8 Å². The number of carbonyl (C=O) groups is 1. The van der Waals surface area contributed by atoms with E-state index in [9.17, 15) is 9.90 Å². The van der Waals surface area contributed by atoms with Gasteiger partial charge in [-0.3, -0.25) is 0 Å². The number of hydrogen-bond donors (Lipinski definition) is 1. The number of carboxylic acid groups (broad SMARTS) is 1. The molecule has 1 aromatic rings. The second-order valence-corrected chi connectivity index (χ2v) is 6.11. The van der Waals surface area contributed by atoms with Crippen LogP contribution < -0.4 is 4.90 Å². The maximum atomic E-state index is 11.2. The van der Waals surface area contributed by atoms with Crippen LogP contribution in [0.2, 0.25) is 0 Å².